The predicted molar refractivity (Wildman–Crippen MR) is 13.1 cm³/mol. The predicted octanol–water partition coefficient (Wildman–Crippen LogP) is -2.17. The van der Waals surface area contributed by atoms with Gasteiger partial charge in [-0.05, 0) is 0 Å². The Balaban J connectivity index is 0. The van der Waals surface area contributed by atoms with Gasteiger partial charge in [0.05, 0.1) is 0 Å². The molecule has 6 heteroatoms. The van der Waals surface area contributed by atoms with Gasteiger partial charge in [-0.1, -0.05) is 0 Å². The summed E-state index contributed by atoms with van der Waals surface area (Å²) in [6.45, 7) is 0. The third-order valence-electron chi connectivity index (χ3n) is 0. The molecular formula is H3AsCuO4+2. The number of hydrogen-bond donors (Lipinski definition) is 3. The molecule has 3 N–H and O–H groups in total. The van der Waals surface area contributed by atoms with E-state index >= 15 is 0 Å². The van der Waals surface area contributed by atoms with Crippen molar-refractivity contribution in [3.05, 3.63) is 0 Å². The van der Waals surface area contributed by atoms with Crippen molar-refractivity contribution in [1.29, 1.82) is 0 Å². The van der Waals surface area contributed by atoms with Crippen molar-refractivity contribution in [3.8, 4) is 0 Å². The Morgan fingerprint density at radius 3 is 1.17 bits per heavy atom. The smallest absolute Gasteiger partial charge is 2.00 e. The Labute approximate surface area is 48.0 Å². The van der Waals surface area contributed by atoms with Crippen LogP contribution in [0.1, 0.15) is 0 Å². The Kier molecular flexibility index (Phi) is 4.71. The van der Waals surface area contributed by atoms with Gasteiger partial charge in [0.1, 0.15) is 0 Å². The molecule has 1 radical (unpaired) electrons. The zero-order valence-corrected chi connectivity index (χ0v) is 5.32. The van der Waals surface area contributed by atoms with Crippen LogP contribution in [0.4, 0.5) is 0 Å². The molecule has 0 aromatic rings. The Bertz CT molecular complexity index is 53.7. The van der Waals surface area contributed by atoms with Crippen molar-refractivity contribution >= 4 is 14.5 Å². The summed E-state index contributed by atoms with van der Waals surface area (Å²) in [5, 5.41) is 0. The molecule has 4 nitrogen and oxygen atoms in total. The van der Waals surface area contributed by atoms with E-state index in [1.54, 1.807) is 0 Å². The zero-order valence-electron chi connectivity index (χ0n) is 2.50. The molecule has 0 aliphatic heterocycles. The molecule has 0 atom stereocenters. The summed E-state index contributed by atoms with van der Waals surface area (Å²) in [6, 6.07) is 0. The second-order valence-corrected chi connectivity index (χ2v) is 2.67. The standard InChI is InChI=1S/AsH3O4.Cu/c2-1(3,4)5;/h(H3,2,3,4,5);/q;+2. The van der Waals surface area contributed by atoms with E-state index < -0.39 is 14.5 Å². The van der Waals surface area contributed by atoms with Crippen molar-refractivity contribution in [2.45, 2.75) is 0 Å². The maximum atomic E-state index is 8.94. The van der Waals surface area contributed by atoms with Crippen LogP contribution in [0.15, 0.2) is 0 Å². The molecule has 0 fully saturated rings. The van der Waals surface area contributed by atoms with Gasteiger partial charge in [-0.3, -0.25) is 0 Å². The molecular weight excluding hydrogens is 202 g/mol. The van der Waals surface area contributed by atoms with Gasteiger partial charge in [0.15, 0.2) is 0 Å². The molecule has 0 bridgehead atoms. The first kappa shape index (κ1) is 9.90. The summed E-state index contributed by atoms with van der Waals surface area (Å²) in [7, 11) is 0. The van der Waals surface area contributed by atoms with Crippen molar-refractivity contribution < 1.29 is 33.1 Å². The summed E-state index contributed by atoms with van der Waals surface area (Å²) in [5.74, 6) is 0. The maximum Gasteiger partial charge on any atom is 2.00 e. The monoisotopic (exact) mass is 205 g/mol. The average Bonchev–Trinajstić information content (AvgIpc) is 0.722. The second kappa shape index (κ2) is 2.85. The minimum absolute atomic E-state index is 0. The van der Waals surface area contributed by atoms with E-state index in [1.165, 1.54) is 0 Å². The van der Waals surface area contributed by atoms with Gasteiger partial charge in [-0.2, -0.15) is 0 Å². The first-order valence-electron chi connectivity index (χ1n) is 0.783. The molecule has 0 aliphatic carbocycles. The molecule has 6 heavy (non-hydrogen) atoms. The normalized spacial score (nSPS) is 9.83. The van der Waals surface area contributed by atoms with Crippen LogP contribution in [0, 0.1) is 0 Å². The molecule has 0 aromatic carbocycles. The van der Waals surface area contributed by atoms with Gasteiger partial charge in [0.25, 0.3) is 0 Å². The summed E-state index contributed by atoms with van der Waals surface area (Å²) >= 11 is -5.12. The van der Waals surface area contributed by atoms with E-state index in [1.807, 2.05) is 0 Å². The molecule has 0 aliphatic rings. The van der Waals surface area contributed by atoms with Gasteiger partial charge in [-0.15, -0.1) is 0 Å². The van der Waals surface area contributed by atoms with Crippen LogP contribution < -0.4 is 0 Å². The van der Waals surface area contributed by atoms with Gasteiger partial charge in [0.2, 0.25) is 0 Å². The Morgan fingerprint density at radius 2 is 1.17 bits per heavy atom. The SMILES string of the molecule is O=[As](O)(O)O.[Cu+2]. The van der Waals surface area contributed by atoms with Crippen LogP contribution in [0.2, 0.25) is 0 Å². The third kappa shape index (κ3) is 117. The maximum absolute atomic E-state index is 8.94. The summed E-state index contributed by atoms with van der Waals surface area (Å²) in [5.41, 5.74) is 0. The molecule has 0 heterocycles. The molecule has 0 saturated carbocycles. The first-order valence-corrected chi connectivity index (χ1v) is 4.07. The molecule has 0 unspecified atom stereocenters. The second-order valence-electron chi connectivity index (χ2n) is 0.513. The molecule has 0 saturated heterocycles. The molecule has 0 aromatic heterocycles. The van der Waals surface area contributed by atoms with E-state index in [0.717, 1.165) is 0 Å². The van der Waals surface area contributed by atoms with Crippen LogP contribution in [0.5, 0.6) is 0 Å². The van der Waals surface area contributed by atoms with Crippen molar-refractivity contribution in [1.82, 2.24) is 0 Å². The molecule has 0 rings (SSSR count). The van der Waals surface area contributed by atoms with Crippen LogP contribution >= 0.6 is 0 Å². The summed E-state index contributed by atoms with van der Waals surface area (Å²) in [4.78, 5) is 0. The first-order chi connectivity index (χ1) is 2.00. The van der Waals surface area contributed by atoms with E-state index in [-0.39, 0.29) is 17.1 Å². The van der Waals surface area contributed by atoms with Crippen LogP contribution in [-0.4, -0.2) is 26.8 Å². The number of rotatable bonds is 0. The fraction of sp³-hybridized carbons (Fsp3) is 0. The van der Waals surface area contributed by atoms with E-state index in [2.05, 4.69) is 0 Å². The average molecular weight is 205 g/mol. The number of hydrogen-bond acceptors (Lipinski definition) is 1. The van der Waals surface area contributed by atoms with Crippen LogP contribution in [0.25, 0.3) is 0 Å². The van der Waals surface area contributed by atoms with E-state index in [0.29, 0.717) is 0 Å². The van der Waals surface area contributed by atoms with E-state index in [4.69, 9.17) is 16.0 Å². The van der Waals surface area contributed by atoms with Crippen LogP contribution in [0.3, 0.4) is 0 Å². The molecule has 41 valence electrons. The topological polar surface area (TPSA) is 77.8 Å². The Morgan fingerprint density at radius 1 is 1.17 bits per heavy atom. The fourth-order valence-electron chi connectivity index (χ4n) is 0. The van der Waals surface area contributed by atoms with Gasteiger partial charge in [0, 0.05) is 0 Å². The summed E-state index contributed by atoms with van der Waals surface area (Å²) < 4.78 is 30.7. The summed E-state index contributed by atoms with van der Waals surface area (Å²) in [6.07, 6.45) is 0. The zero-order chi connectivity index (χ0) is 4.50. The largest absolute Gasteiger partial charge is 2.00 e. The minimum Gasteiger partial charge on any atom is 2.00 e. The molecule has 0 spiro atoms. The van der Waals surface area contributed by atoms with Gasteiger partial charge in [-0.25, -0.2) is 0 Å². The van der Waals surface area contributed by atoms with Gasteiger partial charge < -0.3 is 0 Å². The minimum atomic E-state index is -5.12. The van der Waals surface area contributed by atoms with E-state index in [9.17, 15) is 0 Å². The van der Waals surface area contributed by atoms with Gasteiger partial charge >= 0.3 is 47.6 Å². The van der Waals surface area contributed by atoms with Crippen molar-refractivity contribution in [2.75, 3.05) is 0 Å². The quantitative estimate of drug-likeness (QED) is 0.393. The van der Waals surface area contributed by atoms with Crippen molar-refractivity contribution in [2.24, 2.45) is 0 Å². The fourth-order valence-corrected chi connectivity index (χ4v) is 0. The Hall–Kier alpha value is 0.758. The van der Waals surface area contributed by atoms with Crippen molar-refractivity contribution in [3.63, 3.8) is 0 Å². The van der Waals surface area contributed by atoms with Crippen LogP contribution in [-0.2, 0) is 20.8 Å². The third-order valence-corrected chi connectivity index (χ3v) is 0. The molecule has 0 amide bonds.